The summed E-state index contributed by atoms with van der Waals surface area (Å²) < 4.78 is 0. The molecule has 1 aliphatic carbocycles. The quantitative estimate of drug-likeness (QED) is 0.824. The summed E-state index contributed by atoms with van der Waals surface area (Å²) in [6.07, 6.45) is 7.83. The van der Waals surface area contributed by atoms with Crippen molar-refractivity contribution in [2.45, 2.75) is 32.1 Å². The monoisotopic (exact) mass is 270 g/mol. The number of carbonyl (C=O) groups excluding carboxylic acids is 1. The molecule has 1 heterocycles. The molecule has 0 spiro atoms. The predicted octanol–water partition coefficient (Wildman–Crippen LogP) is 2.21. The molecular weight excluding hydrogens is 248 g/mol. The highest BCUT2D eigenvalue weighted by molar-refractivity contribution is 5.94. The molecule has 0 aromatic heterocycles. The second kappa shape index (κ2) is 6.23. The first-order valence-electron chi connectivity index (χ1n) is 7.61. The lowest BCUT2D eigenvalue weighted by molar-refractivity contribution is 0.0954. The van der Waals surface area contributed by atoms with Gasteiger partial charge < -0.3 is 10.6 Å². The number of nitrogens with one attached hydrogen (secondary N) is 2. The molecule has 2 aliphatic rings. The van der Waals surface area contributed by atoms with Crippen molar-refractivity contribution in [3.05, 3.63) is 46.5 Å². The Morgan fingerprint density at radius 3 is 2.95 bits per heavy atom. The predicted molar refractivity (Wildman–Crippen MR) is 81.0 cm³/mol. The van der Waals surface area contributed by atoms with Crippen molar-refractivity contribution in [3.8, 4) is 0 Å². The summed E-state index contributed by atoms with van der Waals surface area (Å²) in [7, 11) is 0. The first-order chi connectivity index (χ1) is 9.83. The van der Waals surface area contributed by atoms with E-state index in [1.54, 1.807) is 0 Å². The van der Waals surface area contributed by atoms with Gasteiger partial charge in [-0.15, -0.1) is 0 Å². The molecule has 0 unspecified atom stereocenters. The average molecular weight is 270 g/mol. The Bertz CT molecular complexity index is 534. The zero-order valence-corrected chi connectivity index (χ0v) is 11.9. The molecule has 1 aliphatic heterocycles. The van der Waals surface area contributed by atoms with Gasteiger partial charge in [-0.25, -0.2) is 0 Å². The van der Waals surface area contributed by atoms with Gasteiger partial charge in [-0.2, -0.15) is 0 Å². The van der Waals surface area contributed by atoms with Crippen LogP contribution >= 0.6 is 0 Å². The summed E-state index contributed by atoms with van der Waals surface area (Å²) in [5, 5.41) is 6.34. The van der Waals surface area contributed by atoms with E-state index in [1.165, 1.54) is 29.5 Å². The van der Waals surface area contributed by atoms with E-state index in [2.05, 4.69) is 28.8 Å². The Balaban J connectivity index is 1.52. The standard InChI is InChI=1S/C17H22N2O/c20-17(19-11-8-13-6-9-18-10-7-13)16-5-4-14-2-1-3-15(14)12-16/h4-6,12,18H,1-3,7-11H2,(H,19,20). The lowest BCUT2D eigenvalue weighted by Crippen LogP contribution is -2.26. The number of hydrogen-bond acceptors (Lipinski definition) is 2. The van der Waals surface area contributed by atoms with E-state index in [0.29, 0.717) is 0 Å². The van der Waals surface area contributed by atoms with E-state index in [1.807, 2.05) is 6.07 Å². The van der Waals surface area contributed by atoms with Crippen molar-refractivity contribution in [1.29, 1.82) is 0 Å². The largest absolute Gasteiger partial charge is 0.352 e. The Morgan fingerprint density at radius 1 is 1.20 bits per heavy atom. The number of fused-ring (bicyclic) bond motifs is 1. The summed E-state index contributed by atoms with van der Waals surface area (Å²) in [4.78, 5) is 12.1. The van der Waals surface area contributed by atoms with E-state index < -0.39 is 0 Å². The van der Waals surface area contributed by atoms with Gasteiger partial charge in [0.25, 0.3) is 5.91 Å². The van der Waals surface area contributed by atoms with Crippen LogP contribution in [0.15, 0.2) is 29.8 Å². The van der Waals surface area contributed by atoms with Crippen LogP contribution in [0.25, 0.3) is 0 Å². The Hall–Kier alpha value is -1.61. The van der Waals surface area contributed by atoms with Gasteiger partial charge in [-0.1, -0.05) is 17.7 Å². The zero-order valence-electron chi connectivity index (χ0n) is 11.9. The number of benzene rings is 1. The van der Waals surface area contributed by atoms with Crippen LogP contribution in [0.2, 0.25) is 0 Å². The van der Waals surface area contributed by atoms with E-state index in [4.69, 9.17) is 0 Å². The maximum Gasteiger partial charge on any atom is 0.251 e. The second-order valence-corrected chi connectivity index (χ2v) is 5.66. The molecule has 0 bridgehead atoms. The molecule has 3 nitrogen and oxygen atoms in total. The average Bonchev–Trinajstić information content (AvgIpc) is 2.95. The van der Waals surface area contributed by atoms with Crippen LogP contribution in [0.5, 0.6) is 0 Å². The molecule has 3 rings (SSSR count). The molecule has 0 saturated heterocycles. The first kappa shape index (κ1) is 13.4. The fourth-order valence-electron chi connectivity index (χ4n) is 3.05. The van der Waals surface area contributed by atoms with Crippen LogP contribution in [0.1, 0.15) is 40.7 Å². The molecule has 2 N–H and O–H groups in total. The van der Waals surface area contributed by atoms with E-state index in [9.17, 15) is 4.79 Å². The van der Waals surface area contributed by atoms with Crippen molar-refractivity contribution in [1.82, 2.24) is 10.6 Å². The summed E-state index contributed by atoms with van der Waals surface area (Å²) in [5.74, 6) is 0.0641. The number of aryl methyl sites for hydroxylation is 2. The molecule has 0 fully saturated rings. The van der Waals surface area contributed by atoms with Gasteiger partial charge in [0.1, 0.15) is 0 Å². The number of hydrogen-bond donors (Lipinski definition) is 2. The van der Waals surface area contributed by atoms with E-state index in [-0.39, 0.29) is 5.91 Å². The van der Waals surface area contributed by atoms with Gasteiger partial charge in [0.15, 0.2) is 0 Å². The summed E-state index contributed by atoms with van der Waals surface area (Å²) >= 11 is 0. The first-order valence-corrected chi connectivity index (χ1v) is 7.61. The molecule has 1 aromatic rings. The molecule has 106 valence electrons. The minimum absolute atomic E-state index is 0.0641. The molecule has 20 heavy (non-hydrogen) atoms. The highest BCUT2D eigenvalue weighted by Crippen LogP contribution is 2.22. The summed E-state index contributed by atoms with van der Waals surface area (Å²) in [5.41, 5.74) is 5.04. The third-order valence-electron chi connectivity index (χ3n) is 4.25. The van der Waals surface area contributed by atoms with Crippen molar-refractivity contribution < 1.29 is 4.79 Å². The van der Waals surface area contributed by atoms with Gasteiger partial charge in [0, 0.05) is 18.7 Å². The number of carbonyl (C=O) groups is 1. The number of amides is 1. The fourth-order valence-corrected chi connectivity index (χ4v) is 3.05. The Morgan fingerprint density at radius 2 is 2.10 bits per heavy atom. The molecule has 1 aromatic carbocycles. The smallest absolute Gasteiger partial charge is 0.251 e. The topological polar surface area (TPSA) is 41.1 Å². The van der Waals surface area contributed by atoms with Gasteiger partial charge in [-0.05, 0) is 61.9 Å². The lowest BCUT2D eigenvalue weighted by atomic mass is 10.0. The van der Waals surface area contributed by atoms with Gasteiger partial charge in [0.05, 0.1) is 0 Å². The normalized spacial score (nSPS) is 17.5. The second-order valence-electron chi connectivity index (χ2n) is 5.66. The molecule has 0 atom stereocenters. The van der Waals surface area contributed by atoms with Crippen LogP contribution in [0, 0.1) is 0 Å². The third kappa shape index (κ3) is 3.10. The van der Waals surface area contributed by atoms with Crippen LogP contribution < -0.4 is 10.6 Å². The van der Waals surface area contributed by atoms with Crippen molar-refractivity contribution in [2.24, 2.45) is 0 Å². The minimum Gasteiger partial charge on any atom is -0.352 e. The molecule has 0 radical (unpaired) electrons. The van der Waals surface area contributed by atoms with Crippen molar-refractivity contribution in [2.75, 3.05) is 19.6 Å². The third-order valence-corrected chi connectivity index (χ3v) is 4.25. The highest BCUT2D eigenvalue weighted by Gasteiger charge is 2.13. The Labute approximate surface area is 120 Å². The van der Waals surface area contributed by atoms with E-state index >= 15 is 0 Å². The Kier molecular flexibility index (Phi) is 4.16. The van der Waals surface area contributed by atoms with Gasteiger partial charge in [0.2, 0.25) is 0 Å². The molecular formula is C17H22N2O. The maximum absolute atomic E-state index is 12.1. The SMILES string of the molecule is O=C(NCCC1=CCNCC1)c1ccc2c(c1)CCC2. The van der Waals surface area contributed by atoms with Crippen LogP contribution in [-0.2, 0) is 12.8 Å². The van der Waals surface area contributed by atoms with Crippen LogP contribution in [0.4, 0.5) is 0 Å². The fraction of sp³-hybridized carbons (Fsp3) is 0.471. The highest BCUT2D eigenvalue weighted by atomic mass is 16.1. The van der Waals surface area contributed by atoms with Gasteiger partial charge in [-0.3, -0.25) is 4.79 Å². The molecule has 1 amide bonds. The minimum atomic E-state index is 0.0641. The molecule has 3 heteroatoms. The van der Waals surface area contributed by atoms with E-state index in [0.717, 1.165) is 44.5 Å². The van der Waals surface area contributed by atoms with Crippen molar-refractivity contribution >= 4 is 5.91 Å². The lowest BCUT2D eigenvalue weighted by Gasteiger charge is -2.14. The van der Waals surface area contributed by atoms with Crippen LogP contribution in [-0.4, -0.2) is 25.5 Å². The summed E-state index contributed by atoms with van der Waals surface area (Å²) in [6, 6.07) is 6.15. The van der Waals surface area contributed by atoms with Crippen LogP contribution in [0.3, 0.4) is 0 Å². The zero-order chi connectivity index (χ0) is 13.8. The summed E-state index contributed by atoms with van der Waals surface area (Å²) in [6.45, 7) is 2.76. The number of rotatable bonds is 4. The van der Waals surface area contributed by atoms with Gasteiger partial charge >= 0.3 is 0 Å². The maximum atomic E-state index is 12.1. The molecule has 0 saturated carbocycles. The van der Waals surface area contributed by atoms with Crippen molar-refractivity contribution in [3.63, 3.8) is 0 Å².